The molecular formula is C18H24N6O2. The normalized spacial score (nSPS) is 17.3. The van der Waals surface area contributed by atoms with Gasteiger partial charge in [-0.1, -0.05) is 0 Å². The summed E-state index contributed by atoms with van der Waals surface area (Å²) in [7, 11) is 0. The van der Waals surface area contributed by atoms with Crippen molar-refractivity contribution in [2.24, 2.45) is 0 Å². The second-order valence-electron chi connectivity index (χ2n) is 7.08. The molecule has 138 valence electrons. The number of hydrogen-bond donors (Lipinski definition) is 1. The number of aromatic amines is 1. The molecule has 2 aliphatic heterocycles. The summed E-state index contributed by atoms with van der Waals surface area (Å²) >= 11 is 0. The van der Waals surface area contributed by atoms with E-state index in [0.29, 0.717) is 31.7 Å². The minimum atomic E-state index is -0.0104. The Morgan fingerprint density at radius 2 is 1.69 bits per heavy atom. The maximum atomic E-state index is 12.9. The van der Waals surface area contributed by atoms with E-state index in [4.69, 9.17) is 0 Å². The third kappa shape index (κ3) is 2.79. The molecule has 4 heterocycles. The largest absolute Gasteiger partial charge is 0.335 e. The summed E-state index contributed by atoms with van der Waals surface area (Å²) in [5.74, 6) is 0.0275. The molecular weight excluding hydrogens is 332 g/mol. The number of amides is 2. The van der Waals surface area contributed by atoms with Gasteiger partial charge in [0.2, 0.25) is 0 Å². The first kappa shape index (κ1) is 16.8. The van der Waals surface area contributed by atoms with Gasteiger partial charge in [-0.15, -0.1) is 0 Å². The molecule has 0 spiro atoms. The summed E-state index contributed by atoms with van der Waals surface area (Å²) in [5.41, 5.74) is 3.95. The first-order chi connectivity index (χ1) is 12.6. The Labute approximate surface area is 152 Å². The van der Waals surface area contributed by atoms with Crippen LogP contribution < -0.4 is 0 Å². The number of H-pyrrole nitrogens is 1. The molecule has 0 aliphatic carbocycles. The monoisotopic (exact) mass is 356 g/mol. The highest BCUT2D eigenvalue weighted by molar-refractivity contribution is 5.97. The highest BCUT2D eigenvalue weighted by atomic mass is 16.2. The fourth-order valence-electron chi connectivity index (χ4n) is 3.91. The van der Waals surface area contributed by atoms with Crippen LogP contribution in [0.4, 0.5) is 0 Å². The maximum absolute atomic E-state index is 12.9. The van der Waals surface area contributed by atoms with Gasteiger partial charge < -0.3 is 9.80 Å². The van der Waals surface area contributed by atoms with Crippen molar-refractivity contribution >= 4 is 11.8 Å². The summed E-state index contributed by atoms with van der Waals surface area (Å²) in [6.45, 7) is 6.76. The number of nitrogens with one attached hydrogen (secondary N) is 1. The SMILES string of the molecule is Cc1n[nH]c(C)c1C(=O)N1CCN(C(=O)c2cnn3c2CCCC3)CC1. The molecule has 2 aromatic rings. The molecule has 0 atom stereocenters. The zero-order valence-corrected chi connectivity index (χ0v) is 15.3. The second-order valence-corrected chi connectivity index (χ2v) is 7.08. The van der Waals surface area contributed by atoms with Gasteiger partial charge in [0.15, 0.2) is 0 Å². The van der Waals surface area contributed by atoms with Crippen molar-refractivity contribution in [2.75, 3.05) is 26.2 Å². The van der Waals surface area contributed by atoms with Gasteiger partial charge in [-0.2, -0.15) is 10.2 Å². The molecule has 2 aliphatic rings. The van der Waals surface area contributed by atoms with Gasteiger partial charge in [0.25, 0.3) is 11.8 Å². The van der Waals surface area contributed by atoms with Gasteiger partial charge in [0, 0.05) is 38.4 Å². The van der Waals surface area contributed by atoms with Crippen LogP contribution in [0.2, 0.25) is 0 Å². The molecule has 2 amide bonds. The van der Waals surface area contributed by atoms with Crippen LogP contribution in [0.1, 0.15) is 50.6 Å². The molecule has 0 bridgehead atoms. The number of fused-ring (bicyclic) bond motifs is 1. The third-order valence-corrected chi connectivity index (χ3v) is 5.41. The van der Waals surface area contributed by atoms with Gasteiger partial charge >= 0.3 is 0 Å². The maximum Gasteiger partial charge on any atom is 0.257 e. The summed E-state index contributed by atoms with van der Waals surface area (Å²) in [4.78, 5) is 29.3. The van der Waals surface area contributed by atoms with Crippen LogP contribution in [0.5, 0.6) is 0 Å². The number of carbonyl (C=O) groups is 2. The Hall–Kier alpha value is -2.64. The van der Waals surface area contributed by atoms with E-state index < -0.39 is 0 Å². The predicted octanol–water partition coefficient (Wildman–Crippen LogP) is 1.16. The lowest BCUT2D eigenvalue weighted by molar-refractivity contribution is 0.0533. The first-order valence-electron chi connectivity index (χ1n) is 9.21. The third-order valence-electron chi connectivity index (χ3n) is 5.41. The van der Waals surface area contributed by atoms with Crippen LogP contribution in [0.25, 0.3) is 0 Å². The fourth-order valence-corrected chi connectivity index (χ4v) is 3.91. The zero-order chi connectivity index (χ0) is 18.3. The van der Waals surface area contributed by atoms with Crippen molar-refractivity contribution in [1.29, 1.82) is 0 Å². The Bertz CT molecular complexity index is 824. The average molecular weight is 356 g/mol. The van der Waals surface area contributed by atoms with Crippen molar-refractivity contribution in [2.45, 2.75) is 39.7 Å². The molecule has 1 saturated heterocycles. The van der Waals surface area contributed by atoms with Gasteiger partial charge in [-0.3, -0.25) is 19.4 Å². The smallest absolute Gasteiger partial charge is 0.257 e. The van der Waals surface area contributed by atoms with Crippen molar-refractivity contribution in [1.82, 2.24) is 29.8 Å². The van der Waals surface area contributed by atoms with E-state index in [0.717, 1.165) is 48.5 Å². The van der Waals surface area contributed by atoms with Crippen LogP contribution in [-0.2, 0) is 13.0 Å². The molecule has 4 rings (SSSR count). The molecule has 0 saturated carbocycles. The Balaban J connectivity index is 1.43. The summed E-state index contributed by atoms with van der Waals surface area (Å²) in [5, 5.41) is 11.3. The molecule has 2 aromatic heterocycles. The van der Waals surface area contributed by atoms with Gasteiger partial charge in [0.1, 0.15) is 0 Å². The highest BCUT2D eigenvalue weighted by Gasteiger charge is 2.30. The standard InChI is InChI=1S/C18H24N6O2/c1-12-16(13(2)21-20-12)18(26)23-9-7-22(8-10-23)17(25)14-11-19-24-6-4-3-5-15(14)24/h11H,3-10H2,1-2H3,(H,20,21). The van der Waals surface area contributed by atoms with E-state index in [1.54, 1.807) is 6.20 Å². The van der Waals surface area contributed by atoms with Gasteiger partial charge in [0.05, 0.1) is 28.7 Å². The number of carbonyl (C=O) groups excluding carboxylic acids is 2. The van der Waals surface area contributed by atoms with Crippen LogP contribution in [-0.4, -0.2) is 67.8 Å². The summed E-state index contributed by atoms with van der Waals surface area (Å²) in [6.07, 6.45) is 4.85. The summed E-state index contributed by atoms with van der Waals surface area (Å²) < 4.78 is 1.96. The van der Waals surface area contributed by atoms with Crippen molar-refractivity contribution in [3.63, 3.8) is 0 Å². The van der Waals surface area contributed by atoms with E-state index in [9.17, 15) is 9.59 Å². The number of piperazine rings is 1. The molecule has 0 radical (unpaired) electrons. The quantitative estimate of drug-likeness (QED) is 0.875. The van der Waals surface area contributed by atoms with E-state index in [1.807, 2.05) is 28.3 Å². The van der Waals surface area contributed by atoms with Crippen LogP contribution in [0.15, 0.2) is 6.20 Å². The molecule has 1 N–H and O–H groups in total. The molecule has 0 unspecified atom stereocenters. The predicted molar refractivity (Wildman–Crippen MR) is 95.0 cm³/mol. The molecule has 8 heteroatoms. The van der Waals surface area contributed by atoms with Crippen LogP contribution in [0, 0.1) is 13.8 Å². The van der Waals surface area contributed by atoms with Gasteiger partial charge in [-0.25, -0.2) is 0 Å². The minimum Gasteiger partial charge on any atom is -0.335 e. The molecule has 26 heavy (non-hydrogen) atoms. The fraction of sp³-hybridized carbons (Fsp3) is 0.556. The lowest BCUT2D eigenvalue weighted by Gasteiger charge is -2.35. The Kier molecular flexibility index (Phi) is 4.26. The Morgan fingerprint density at radius 3 is 2.35 bits per heavy atom. The van der Waals surface area contributed by atoms with E-state index in [2.05, 4.69) is 15.3 Å². The second kappa shape index (κ2) is 6.59. The van der Waals surface area contributed by atoms with Crippen LogP contribution in [0.3, 0.4) is 0 Å². The van der Waals surface area contributed by atoms with Crippen LogP contribution >= 0.6 is 0 Å². The van der Waals surface area contributed by atoms with Gasteiger partial charge in [-0.05, 0) is 33.1 Å². The minimum absolute atomic E-state index is 0.0104. The number of aromatic nitrogens is 4. The first-order valence-corrected chi connectivity index (χ1v) is 9.21. The number of rotatable bonds is 2. The lowest BCUT2D eigenvalue weighted by atomic mass is 10.1. The highest BCUT2D eigenvalue weighted by Crippen LogP contribution is 2.21. The molecule has 1 fully saturated rings. The number of hydrogen-bond acceptors (Lipinski definition) is 4. The van der Waals surface area contributed by atoms with E-state index in [1.165, 1.54) is 0 Å². The van der Waals surface area contributed by atoms with Crippen molar-refractivity contribution in [3.8, 4) is 0 Å². The summed E-state index contributed by atoms with van der Waals surface area (Å²) in [6, 6.07) is 0. The average Bonchev–Trinajstić information content (AvgIpc) is 3.24. The van der Waals surface area contributed by atoms with E-state index >= 15 is 0 Å². The van der Waals surface area contributed by atoms with Crippen molar-refractivity contribution < 1.29 is 9.59 Å². The van der Waals surface area contributed by atoms with Crippen molar-refractivity contribution in [3.05, 3.63) is 34.4 Å². The van der Waals surface area contributed by atoms with E-state index in [-0.39, 0.29) is 11.8 Å². The zero-order valence-electron chi connectivity index (χ0n) is 15.3. The molecule has 0 aromatic carbocycles. The number of nitrogens with zero attached hydrogens (tertiary/aromatic N) is 5. The number of aryl methyl sites for hydroxylation is 3. The Morgan fingerprint density at radius 1 is 1.00 bits per heavy atom. The lowest BCUT2D eigenvalue weighted by Crippen LogP contribution is -2.50. The molecule has 8 nitrogen and oxygen atoms in total. The topological polar surface area (TPSA) is 87.1 Å².